The second-order valence-corrected chi connectivity index (χ2v) is 8.12. The van der Waals surface area contributed by atoms with Crippen molar-refractivity contribution >= 4 is 20.7 Å². The number of pyridine rings is 2. The van der Waals surface area contributed by atoms with Gasteiger partial charge >= 0.3 is 0 Å². The molecule has 6 nitrogen and oxygen atoms in total. The number of hydrogen-bond acceptors (Lipinski definition) is 5. The number of aromatic nitrogens is 2. The number of nitrogens with zero attached hydrogens (tertiary/aromatic N) is 1. The van der Waals surface area contributed by atoms with Crippen LogP contribution in [0.5, 0.6) is 5.75 Å². The molecule has 1 aromatic carbocycles. The van der Waals surface area contributed by atoms with E-state index in [9.17, 15) is 13.2 Å². The van der Waals surface area contributed by atoms with Crippen LogP contribution in [0.1, 0.15) is 18.4 Å². The normalized spacial score (nSPS) is 11.6. The highest BCUT2D eigenvalue weighted by Gasteiger charge is 2.14. The van der Waals surface area contributed by atoms with E-state index in [0.29, 0.717) is 25.2 Å². The van der Waals surface area contributed by atoms with Crippen LogP contribution in [-0.2, 0) is 9.84 Å². The van der Waals surface area contributed by atoms with Crippen LogP contribution in [0, 0.1) is 6.92 Å². The zero-order chi connectivity index (χ0) is 18.6. The zero-order valence-corrected chi connectivity index (χ0v) is 15.3. The monoisotopic (exact) mass is 372 g/mol. The summed E-state index contributed by atoms with van der Waals surface area (Å²) in [6, 6.07) is 11.9. The molecule has 0 spiro atoms. The second-order valence-electron chi connectivity index (χ2n) is 6.07. The molecule has 7 heteroatoms. The molecule has 0 amide bonds. The van der Waals surface area contributed by atoms with Gasteiger partial charge in [0.15, 0.2) is 14.9 Å². The van der Waals surface area contributed by atoms with Crippen molar-refractivity contribution < 1.29 is 13.2 Å². The molecular formula is C19H20N2O4S. The Bertz CT molecular complexity index is 1060. The molecule has 0 saturated heterocycles. The Hall–Kier alpha value is -2.67. The highest BCUT2D eigenvalue weighted by molar-refractivity contribution is 7.91. The molecule has 0 aliphatic heterocycles. The third kappa shape index (κ3) is 4.29. The third-order valence-corrected chi connectivity index (χ3v) is 5.76. The minimum absolute atomic E-state index is 0.0471. The molecule has 1 N–H and O–H groups in total. The summed E-state index contributed by atoms with van der Waals surface area (Å²) in [4.78, 5) is 18.2. The van der Waals surface area contributed by atoms with Gasteiger partial charge in [0.25, 0.3) is 0 Å². The van der Waals surface area contributed by atoms with Crippen LogP contribution in [0.3, 0.4) is 0 Å². The first-order chi connectivity index (χ1) is 12.5. The Kier molecular flexibility index (Phi) is 5.37. The van der Waals surface area contributed by atoms with Gasteiger partial charge < -0.3 is 9.72 Å². The van der Waals surface area contributed by atoms with Gasteiger partial charge in [-0.15, -0.1) is 0 Å². The van der Waals surface area contributed by atoms with Crippen LogP contribution in [0.4, 0.5) is 0 Å². The second kappa shape index (κ2) is 7.70. The average Bonchev–Trinajstić information content (AvgIpc) is 2.62. The predicted molar refractivity (Wildman–Crippen MR) is 100 cm³/mol. The SMILES string of the molecule is Cc1cc(=O)[nH]c2ccc(OCCCCS(=O)(=O)c3ccccn3)cc12. The van der Waals surface area contributed by atoms with Gasteiger partial charge in [0.1, 0.15) is 5.75 Å². The molecule has 3 aromatic rings. The number of nitrogens with one attached hydrogen (secondary N) is 1. The molecule has 0 radical (unpaired) electrons. The first kappa shape index (κ1) is 18.1. The summed E-state index contributed by atoms with van der Waals surface area (Å²) in [5.41, 5.74) is 1.53. The van der Waals surface area contributed by atoms with Gasteiger partial charge in [0.2, 0.25) is 5.56 Å². The van der Waals surface area contributed by atoms with Gasteiger partial charge in [-0.2, -0.15) is 0 Å². The summed E-state index contributed by atoms with van der Waals surface area (Å²) in [5, 5.41) is 1.04. The van der Waals surface area contributed by atoms with Gasteiger partial charge in [-0.3, -0.25) is 4.79 Å². The Balaban J connectivity index is 1.54. The molecular weight excluding hydrogens is 352 g/mol. The average molecular weight is 372 g/mol. The fourth-order valence-corrected chi connectivity index (χ4v) is 4.01. The maximum atomic E-state index is 12.1. The zero-order valence-electron chi connectivity index (χ0n) is 14.4. The van der Waals surface area contributed by atoms with E-state index in [1.165, 1.54) is 12.3 Å². The fourth-order valence-electron chi connectivity index (χ4n) is 2.71. The van der Waals surface area contributed by atoms with E-state index in [0.717, 1.165) is 16.5 Å². The van der Waals surface area contributed by atoms with E-state index < -0.39 is 9.84 Å². The molecule has 0 bridgehead atoms. The number of aryl methyl sites for hydroxylation is 1. The number of H-pyrrole nitrogens is 1. The lowest BCUT2D eigenvalue weighted by Gasteiger charge is -2.08. The molecule has 0 saturated carbocycles. The minimum atomic E-state index is -3.34. The molecule has 26 heavy (non-hydrogen) atoms. The van der Waals surface area contributed by atoms with Crippen molar-refractivity contribution in [2.45, 2.75) is 24.8 Å². The molecule has 0 aliphatic carbocycles. The van der Waals surface area contributed by atoms with E-state index >= 15 is 0 Å². The van der Waals surface area contributed by atoms with E-state index in [2.05, 4.69) is 9.97 Å². The van der Waals surface area contributed by atoms with Gasteiger partial charge in [-0.05, 0) is 55.7 Å². The van der Waals surface area contributed by atoms with Crippen LogP contribution < -0.4 is 10.3 Å². The van der Waals surface area contributed by atoms with Gasteiger partial charge in [0.05, 0.1) is 12.4 Å². The summed E-state index contributed by atoms with van der Waals surface area (Å²) in [7, 11) is -3.34. The molecule has 0 aliphatic rings. The number of aromatic amines is 1. The molecule has 136 valence electrons. The van der Waals surface area contributed by atoms with Crippen molar-refractivity contribution in [1.82, 2.24) is 9.97 Å². The van der Waals surface area contributed by atoms with Crippen LogP contribution in [0.15, 0.2) is 58.5 Å². The van der Waals surface area contributed by atoms with E-state index in [4.69, 9.17) is 4.74 Å². The van der Waals surface area contributed by atoms with Gasteiger partial charge in [-0.1, -0.05) is 6.07 Å². The fraction of sp³-hybridized carbons (Fsp3) is 0.263. The highest BCUT2D eigenvalue weighted by atomic mass is 32.2. The quantitative estimate of drug-likeness (QED) is 0.644. The number of fused-ring (bicyclic) bond motifs is 1. The summed E-state index contributed by atoms with van der Waals surface area (Å²) < 4.78 is 30.0. The number of sulfone groups is 1. The minimum Gasteiger partial charge on any atom is -0.494 e. The molecule has 3 rings (SSSR count). The van der Waals surface area contributed by atoms with E-state index in [1.54, 1.807) is 24.3 Å². The first-order valence-electron chi connectivity index (χ1n) is 8.36. The van der Waals surface area contributed by atoms with Crippen LogP contribution in [-0.4, -0.2) is 30.7 Å². The molecule has 0 fully saturated rings. The maximum Gasteiger partial charge on any atom is 0.248 e. The smallest absolute Gasteiger partial charge is 0.248 e. The first-order valence-corrected chi connectivity index (χ1v) is 10.0. The molecule has 2 heterocycles. The van der Waals surface area contributed by atoms with Crippen molar-refractivity contribution in [2.24, 2.45) is 0 Å². The van der Waals surface area contributed by atoms with Crippen LogP contribution in [0.2, 0.25) is 0 Å². The number of ether oxygens (including phenoxy) is 1. The van der Waals surface area contributed by atoms with Crippen LogP contribution in [0.25, 0.3) is 10.9 Å². The Morgan fingerprint density at radius 3 is 2.73 bits per heavy atom. The highest BCUT2D eigenvalue weighted by Crippen LogP contribution is 2.21. The Labute approximate surface area is 151 Å². The lowest BCUT2D eigenvalue weighted by atomic mass is 10.1. The largest absolute Gasteiger partial charge is 0.494 e. The number of rotatable bonds is 7. The summed E-state index contributed by atoms with van der Waals surface area (Å²) in [6.07, 6.45) is 2.60. The standard InChI is InChI=1S/C19H20N2O4S/c1-14-12-18(22)21-17-8-7-15(13-16(14)17)25-10-4-5-11-26(23,24)19-6-2-3-9-20-19/h2-3,6-9,12-13H,4-5,10-11H2,1H3,(H,21,22). The van der Waals surface area contributed by atoms with Gasteiger partial charge in [-0.25, -0.2) is 13.4 Å². The molecule has 0 unspecified atom stereocenters. The maximum absolute atomic E-state index is 12.1. The lowest BCUT2D eigenvalue weighted by Crippen LogP contribution is -2.10. The summed E-state index contributed by atoms with van der Waals surface area (Å²) in [5.74, 6) is 0.742. The van der Waals surface area contributed by atoms with E-state index in [-0.39, 0.29) is 16.3 Å². The third-order valence-electron chi connectivity index (χ3n) is 4.05. The molecule has 2 aromatic heterocycles. The Morgan fingerprint density at radius 1 is 1.12 bits per heavy atom. The Morgan fingerprint density at radius 2 is 1.96 bits per heavy atom. The van der Waals surface area contributed by atoms with Crippen molar-refractivity contribution in [3.8, 4) is 5.75 Å². The van der Waals surface area contributed by atoms with Crippen molar-refractivity contribution in [1.29, 1.82) is 0 Å². The van der Waals surface area contributed by atoms with Crippen molar-refractivity contribution in [2.75, 3.05) is 12.4 Å². The molecule has 0 atom stereocenters. The van der Waals surface area contributed by atoms with Crippen LogP contribution >= 0.6 is 0 Å². The lowest BCUT2D eigenvalue weighted by molar-refractivity contribution is 0.310. The summed E-state index contributed by atoms with van der Waals surface area (Å²) in [6.45, 7) is 2.30. The topological polar surface area (TPSA) is 89.1 Å². The predicted octanol–water partition coefficient (Wildman–Crippen LogP) is 2.86. The number of benzene rings is 1. The number of unbranched alkanes of at least 4 members (excludes halogenated alkanes) is 1. The van der Waals surface area contributed by atoms with Crippen molar-refractivity contribution in [3.63, 3.8) is 0 Å². The van der Waals surface area contributed by atoms with Gasteiger partial charge in [0, 0.05) is 23.2 Å². The number of hydrogen-bond donors (Lipinski definition) is 1. The summed E-state index contributed by atoms with van der Waals surface area (Å²) >= 11 is 0. The van der Waals surface area contributed by atoms with Crippen molar-refractivity contribution in [3.05, 3.63) is 64.6 Å². The van der Waals surface area contributed by atoms with E-state index in [1.807, 2.05) is 19.1 Å².